The van der Waals surface area contributed by atoms with Gasteiger partial charge in [0.1, 0.15) is 30.1 Å². The number of halogens is 4. The van der Waals surface area contributed by atoms with Crippen LogP contribution in [0.25, 0.3) is 12.2 Å². The minimum Gasteiger partial charge on any atom is -0.487 e. The summed E-state index contributed by atoms with van der Waals surface area (Å²) in [5, 5.41) is 11.5. The van der Waals surface area contributed by atoms with Crippen molar-refractivity contribution in [2.24, 2.45) is 0 Å². The highest BCUT2D eigenvalue weighted by atomic mass is 19.4. The third-order valence-electron chi connectivity index (χ3n) is 5.08. The standard InChI is InChI=1S/C24H21F4N5O2/c25-22-13-19(24(26,27)28)8-6-18(22)7-11-23-31-20(15-35-23)14-34-21-9-4-17(5-10-21)3-1-2-12-33-30-16-29-32-33/h4-11,13,15-16H,1-3,12,14H2/b11-7+. The van der Waals surface area contributed by atoms with Gasteiger partial charge in [0.25, 0.3) is 0 Å². The Bertz CT molecular complexity index is 1250. The first-order valence-corrected chi connectivity index (χ1v) is 10.8. The number of unbranched alkanes of at least 4 members (excludes halogenated alkanes) is 1. The molecule has 35 heavy (non-hydrogen) atoms. The van der Waals surface area contributed by atoms with Crippen molar-refractivity contribution in [3.63, 3.8) is 0 Å². The van der Waals surface area contributed by atoms with Gasteiger partial charge < -0.3 is 9.15 Å². The number of nitrogens with zero attached hydrogens (tertiary/aromatic N) is 5. The Balaban J connectivity index is 1.24. The Morgan fingerprint density at radius 1 is 1.03 bits per heavy atom. The Labute approximate surface area is 198 Å². The molecule has 0 spiro atoms. The fraction of sp³-hybridized carbons (Fsp3) is 0.250. The Morgan fingerprint density at radius 3 is 2.57 bits per heavy atom. The number of alkyl halides is 3. The summed E-state index contributed by atoms with van der Waals surface area (Å²) in [4.78, 5) is 5.78. The Morgan fingerprint density at radius 2 is 1.86 bits per heavy atom. The molecular formula is C24H21F4N5O2. The van der Waals surface area contributed by atoms with Crippen LogP contribution in [0.3, 0.4) is 0 Å². The summed E-state index contributed by atoms with van der Waals surface area (Å²) < 4.78 is 62.9. The van der Waals surface area contributed by atoms with E-state index >= 15 is 0 Å². The van der Waals surface area contributed by atoms with Gasteiger partial charge in [0.2, 0.25) is 5.89 Å². The van der Waals surface area contributed by atoms with Crippen molar-refractivity contribution >= 4 is 12.2 Å². The molecule has 2 heterocycles. The molecule has 7 nitrogen and oxygen atoms in total. The summed E-state index contributed by atoms with van der Waals surface area (Å²) in [6, 6.07) is 10.1. The van der Waals surface area contributed by atoms with Crippen LogP contribution in [0.1, 0.15) is 41.1 Å². The number of hydrogen-bond acceptors (Lipinski definition) is 6. The van der Waals surface area contributed by atoms with E-state index in [9.17, 15) is 17.6 Å². The van der Waals surface area contributed by atoms with Crippen LogP contribution in [-0.2, 0) is 25.7 Å². The molecule has 0 N–H and O–H groups in total. The van der Waals surface area contributed by atoms with Gasteiger partial charge in [-0.05, 0) is 60.4 Å². The van der Waals surface area contributed by atoms with E-state index in [2.05, 4.69) is 20.4 Å². The van der Waals surface area contributed by atoms with Gasteiger partial charge in [0.15, 0.2) is 6.33 Å². The zero-order valence-corrected chi connectivity index (χ0v) is 18.5. The lowest BCUT2D eigenvalue weighted by atomic mass is 10.1. The van der Waals surface area contributed by atoms with E-state index in [1.807, 2.05) is 24.3 Å². The smallest absolute Gasteiger partial charge is 0.416 e. The minimum atomic E-state index is -4.60. The van der Waals surface area contributed by atoms with E-state index in [0.29, 0.717) is 17.5 Å². The average Bonchev–Trinajstić information content (AvgIpc) is 3.52. The molecule has 2 aromatic carbocycles. The monoisotopic (exact) mass is 487 g/mol. The summed E-state index contributed by atoms with van der Waals surface area (Å²) >= 11 is 0. The molecule has 0 amide bonds. The maximum atomic E-state index is 13.9. The summed E-state index contributed by atoms with van der Waals surface area (Å²) in [7, 11) is 0. The zero-order chi connectivity index (χ0) is 24.7. The van der Waals surface area contributed by atoms with Gasteiger partial charge in [-0.15, -0.1) is 10.2 Å². The molecule has 11 heteroatoms. The first-order chi connectivity index (χ1) is 16.9. The zero-order valence-electron chi connectivity index (χ0n) is 18.5. The van der Waals surface area contributed by atoms with Gasteiger partial charge in [-0.1, -0.05) is 18.2 Å². The maximum absolute atomic E-state index is 13.9. The first-order valence-electron chi connectivity index (χ1n) is 10.8. The predicted molar refractivity (Wildman–Crippen MR) is 118 cm³/mol. The number of ether oxygens (including phenoxy) is 1. The maximum Gasteiger partial charge on any atom is 0.416 e. The van der Waals surface area contributed by atoms with Crippen molar-refractivity contribution < 1.29 is 26.7 Å². The van der Waals surface area contributed by atoms with Crippen LogP contribution >= 0.6 is 0 Å². The minimum absolute atomic E-state index is 0.0100. The third-order valence-corrected chi connectivity index (χ3v) is 5.08. The van der Waals surface area contributed by atoms with Crippen LogP contribution in [0.2, 0.25) is 0 Å². The fourth-order valence-corrected chi connectivity index (χ4v) is 3.25. The molecular weight excluding hydrogens is 466 g/mol. The van der Waals surface area contributed by atoms with E-state index in [1.165, 1.54) is 30.3 Å². The topological polar surface area (TPSA) is 78.9 Å². The van der Waals surface area contributed by atoms with Crippen molar-refractivity contribution in [1.82, 2.24) is 25.2 Å². The van der Waals surface area contributed by atoms with E-state index in [-0.39, 0.29) is 18.1 Å². The second-order valence-corrected chi connectivity index (χ2v) is 7.67. The van der Waals surface area contributed by atoms with Crippen molar-refractivity contribution in [1.29, 1.82) is 0 Å². The second-order valence-electron chi connectivity index (χ2n) is 7.67. The van der Waals surface area contributed by atoms with E-state index in [0.717, 1.165) is 37.9 Å². The van der Waals surface area contributed by atoms with Gasteiger partial charge in [0, 0.05) is 11.6 Å². The SMILES string of the molecule is Fc1cc(C(F)(F)F)ccc1/C=C/c1nc(COc2ccc(CCCCn3ncnn3)cc2)co1. The van der Waals surface area contributed by atoms with Crippen molar-refractivity contribution in [3.05, 3.63) is 89.1 Å². The van der Waals surface area contributed by atoms with Crippen molar-refractivity contribution in [3.8, 4) is 5.75 Å². The Kier molecular flexibility index (Phi) is 7.54. The summed E-state index contributed by atoms with van der Waals surface area (Å²) in [6.07, 6.45) is 3.76. The molecule has 0 saturated heterocycles. The van der Waals surface area contributed by atoms with Gasteiger partial charge in [0.05, 0.1) is 12.1 Å². The lowest BCUT2D eigenvalue weighted by Crippen LogP contribution is -2.05. The summed E-state index contributed by atoms with van der Waals surface area (Å²) in [5.74, 6) is -0.131. The second kappa shape index (κ2) is 10.9. The molecule has 0 radical (unpaired) electrons. The lowest BCUT2D eigenvalue weighted by molar-refractivity contribution is -0.137. The highest BCUT2D eigenvalue weighted by Crippen LogP contribution is 2.30. The average molecular weight is 487 g/mol. The van der Waals surface area contributed by atoms with E-state index in [1.54, 1.807) is 4.80 Å². The van der Waals surface area contributed by atoms with Crippen LogP contribution in [0.5, 0.6) is 5.75 Å². The Hall–Kier alpha value is -4.02. The molecule has 0 atom stereocenters. The normalized spacial score (nSPS) is 11.9. The molecule has 0 aliphatic rings. The van der Waals surface area contributed by atoms with Crippen molar-refractivity contribution in [2.75, 3.05) is 0 Å². The van der Waals surface area contributed by atoms with Crippen LogP contribution in [0.15, 0.2) is 59.5 Å². The van der Waals surface area contributed by atoms with Crippen LogP contribution in [0, 0.1) is 5.82 Å². The number of tetrazole rings is 1. The molecule has 0 saturated carbocycles. The van der Waals surface area contributed by atoms with Crippen LogP contribution in [0.4, 0.5) is 17.6 Å². The number of oxazole rings is 1. The van der Waals surface area contributed by atoms with Crippen LogP contribution in [-0.4, -0.2) is 25.2 Å². The van der Waals surface area contributed by atoms with E-state index < -0.39 is 17.6 Å². The molecule has 4 aromatic rings. The third kappa shape index (κ3) is 6.98. The van der Waals surface area contributed by atoms with Gasteiger partial charge in [-0.3, -0.25) is 0 Å². The van der Waals surface area contributed by atoms with Gasteiger partial charge in [-0.2, -0.15) is 18.0 Å². The largest absolute Gasteiger partial charge is 0.487 e. The highest BCUT2D eigenvalue weighted by Gasteiger charge is 2.30. The summed E-state index contributed by atoms with van der Waals surface area (Å²) in [6.45, 7) is 0.894. The number of benzene rings is 2. The molecule has 0 fully saturated rings. The van der Waals surface area contributed by atoms with Gasteiger partial charge >= 0.3 is 6.18 Å². The fourth-order valence-electron chi connectivity index (χ4n) is 3.25. The predicted octanol–water partition coefficient (Wildman–Crippen LogP) is 5.59. The summed E-state index contributed by atoms with van der Waals surface area (Å²) in [5.41, 5.74) is 0.650. The number of rotatable bonds is 10. The van der Waals surface area contributed by atoms with E-state index in [4.69, 9.17) is 9.15 Å². The number of aromatic nitrogens is 5. The first kappa shape index (κ1) is 24.1. The molecule has 0 bridgehead atoms. The number of hydrogen-bond donors (Lipinski definition) is 0. The number of aryl methyl sites for hydroxylation is 2. The highest BCUT2D eigenvalue weighted by molar-refractivity contribution is 5.66. The van der Waals surface area contributed by atoms with Gasteiger partial charge in [-0.25, -0.2) is 9.37 Å². The molecule has 0 unspecified atom stereocenters. The molecule has 4 rings (SSSR count). The van der Waals surface area contributed by atoms with Crippen molar-refractivity contribution in [2.45, 2.75) is 38.6 Å². The van der Waals surface area contributed by atoms with Crippen LogP contribution < -0.4 is 4.74 Å². The molecule has 0 aliphatic carbocycles. The molecule has 2 aromatic heterocycles. The lowest BCUT2D eigenvalue weighted by Gasteiger charge is -2.07. The molecule has 182 valence electrons. The quantitative estimate of drug-likeness (QED) is 0.214. The molecule has 0 aliphatic heterocycles.